The second-order valence-electron chi connectivity index (χ2n) is 2.53. The molecule has 1 fully saturated rings. The van der Waals surface area contributed by atoms with Crippen molar-refractivity contribution in [1.29, 1.82) is 0 Å². The lowest BCUT2D eigenvalue weighted by Crippen LogP contribution is -2.46. The second-order valence-corrected chi connectivity index (χ2v) is 2.53. The first-order chi connectivity index (χ1) is 4.88. The Labute approximate surface area is 61.7 Å². The summed E-state index contributed by atoms with van der Waals surface area (Å²) in [6.07, 6.45) is 1.33. The quantitative estimate of drug-likeness (QED) is 0.593. The van der Waals surface area contributed by atoms with Gasteiger partial charge in [0.25, 0.3) is 0 Å². The van der Waals surface area contributed by atoms with Crippen LogP contribution in [0.15, 0.2) is 0 Å². The Balaban J connectivity index is 2.34. The van der Waals surface area contributed by atoms with Gasteiger partial charge in [-0.25, -0.2) is 0 Å². The van der Waals surface area contributed by atoms with E-state index >= 15 is 0 Å². The van der Waals surface area contributed by atoms with Crippen molar-refractivity contribution in [1.82, 2.24) is 5.32 Å². The van der Waals surface area contributed by atoms with Crippen LogP contribution < -0.4 is 5.32 Å². The van der Waals surface area contributed by atoms with Crippen molar-refractivity contribution in [3.8, 4) is 0 Å². The van der Waals surface area contributed by atoms with Crippen LogP contribution in [-0.4, -0.2) is 39.5 Å². The molecule has 1 rings (SSSR count). The van der Waals surface area contributed by atoms with Gasteiger partial charge >= 0.3 is 0 Å². The van der Waals surface area contributed by atoms with Crippen LogP contribution in [-0.2, 0) is 9.47 Å². The van der Waals surface area contributed by atoms with Gasteiger partial charge in [-0.1, -0.05) is 0 Å². The van der Waals surface area contributed by atoms with Crippen LogP contribution in [0.25, 0.3) is 0 Å². The highest BCUT2D eigenvalue weighted by Gasteiger charge is 2.23. The molecule has 1 aliphatic heterocycles. The average Bonchev–Trinajstić information content (AvgIpc) is 2.04. The van der Waals surface area contributed by atoms with Gasteiger partial charge in [0.2, 0.25) is 0 Å². The predicted octanol–water partition coefficient (Wildman–Crippen LogP) is 0.00970. The second kappa shape index (κ2) is 3.91. The molecule has 0 amide bonds. The highest BCUT2D eigenvalue weighted by atomic mass is 16.5. The number of ether oxygens (including phenoxy) is 2. The van der Waals surface area contributed by atoms with E-state index in [0.717, 1.165) is 19.6 Å². The highest BCUT2D eigenvalue weighted by Crippen LogP contribution is 2.09. The van der Waals surface area contributed by atoms with Crippen LogP contribution in [0.3, 0.4) is 0 Å². The molecule has 60 valence electrons. The molecule has 0 unspecified atom stereocenters. The fourth-order valence-corrected chi connectivity index (χ4v) is 1.27. The molecule has 0 aromatic rings. The van der Waals surface area contributed by atoms with Crippen LogP contribution in [0.5, 0.6) is 0 Å². The van der Waals surface area contributed by atoms with E-state index < -0.39 is 0 Å². The third-order valence-corrected chi connectivity index (χ3v) is 1.97. The SMILES string of the molecule is CN[C@@H]1COCC[C@H]1OC. The first-order valence-electron chi connectivity index (χ1n) is 3.66. The molecule has 1 aliphatic rings. The van der Waals surface area contributed by atoms with Gasteiger partial charge in [0.1, 0.15) is 0 Å². The minimum absolute atomic E-state index is 0.332. The number of nitrogens with one attached hydrogen (secondary N) is 1. The number of methoxy groups -OCH3 is 1. The van der Waals surface area contributed by atoms with Crippen LogP contribution >= 0.6 is 0 Å². The molecule has 0 aromatic heterocycles. The molecule has 1 saturated heterocycles. The normalized spacial score (nSPS) is 34.2. The van der Waals surface area contributed by atoms with Crippen molar-refractivity contribution >= 4 is 0 Å². The van der Waals surface area contributed by atoms with Gasteiger partial charge in [0, 0.05) is 13.7 Å². The van der Waals surface area contributed by atoms with Gasteiger partial charge < -0.3 is 14.8 Å². The molecule has 0 radical (unpaired) electrons. The number of rotatable bonds is 2. The third-order valence-electron chi connectivity index (χ3n) is 1.97. The summed E-state index contributed by atoms with van der Waals surface area (Å²) in [6, 6.07) is 0.374. The Morgan fingerprint density at radius 1 is 1.60 bits per heavy atom. The monoisotopic (exact) mass is 145 g/mol. The number of hydrogen-bond acceptors (Lipinski definition) is 3. The van der Waals surface area contributed by atoms with Crippen molar-refractivity contribution in [3.05, 3.63) is 0 Å². The summed E-state index contributed by atoms with van der Waals surface area (Å²) in [7, 11) is 3.69. The van der Waals surface area contributed by atoms with Crippen molar-refractivity contribution in [2.24, 2.45) is 0 Å². The maximum Gasteiger partial charge on any atom is 0.0768 e. The largest absolute Gasteiger partial charge is 0.380 e. The smallest absolute Gasteiger partial charge is 0.0768 e. The van der Waals surface area contributed by atoms with E-state index in [9.17, 15) is 0 Å². The Kier molecular flexibility index (Phi) is 3.12. The van der Waals surface area contributed by atoms with Crippen molar-refractivity contribution in [3.63, 3.8) is 0 Å². The first kappa shape index (κ1) is 7.98. The lowest BCUT2D eigenvalue weighted by molar-refractivity contribution is -0.0347. The predicted molar refractivity (Wildman–Crippen MR) is 39.1 cm³/mol. The number of hydrogen-bond donors (Lipinski definition) is 1. The summed E-state index contributed by atoms with van der Waals surface area (Å²) in [5.41, 5.74) is 0. The molecule has 0 spiro atoms. The minimum atomic E-state index is 0.332. The van der Waals surface area contributed by atoms with Gasteiger partial charge in [-0.3, -0.25) is 0 Å². The zero-order valence-corrected chi connectivity index (χ0v) is 6.59. The molecule has 0 aliphatic carbocycles. The van der Waals surface area contributed by atoms with E-state index in [0.29, 0.717) is 12.1 Å². The van der Waals surface area contributed by atoms with Crippen LogP contribution in [0.4, 0.5) is 0 Å². The fraction of sp³-hybridized carbons (Fsp3) is 1.00. The standard InChI is InChI=1S/C7H15NO2/c1-8-6-5-10-4-3-7(6)9-2/h6-8H,3-5H2,1-2H3/t6-,7-/m1/s1. The maximum absolute atomic E-state index is 5.26. The van der Waals surface area contributed by atoms with E-state index in [-0.39, 0.29) is 0 Å². The van der Waals surface area contributed by atoms with E-state index in [1.807, 2.05) is 7.05 Å². The summed E-state index contributed by atoms with van der Waals surface area (Å²) in [5.74, 6) is 0. The third kappa shape index (κ3) is 1.68. The Hall–Kier alpha value is -0.120. The van der Waals surface area contributed by atoms with Gasteiger partial charge in [0.05, 0.1) is 18.8 Å². The fourth-order valence-electron chi connectivity index (χ4n) is 1.27. The Morgan fingerprint density at radius 2 is 2.40 bits per heavy atom. The minimum Gasteiger partial charge on any atom is -0.380 e. The topological polar surface area (TPSA) is 30.5 Å². The molecule has 10 heavy (non-hydrogen) atoms. The molecule has 1 heterocycles. The molecule has 1 N–H and O–H groups in total. The summed E-state index contributed by atoms with van der Waals surface area (Å²) in [6.45, 7) is 1.60. The average molecular weight is 145 g/mol. The zero-order valence-electron chi connectivity index (χ0n) is 6.59. The van der Waals surface area contributed by atoms with Gasteiger partial charge in [0.15, 0.2) is 0 Å². The summed E-state index contributed by atoms with van der Waals surface area (Å²) >= 11 is 0. The molecule has 2 atom stereocenters. The summed E-state index contributed by atoms with van der Waals surface area (Å²) in [5, 5.41) is 3.15. The zero-order chi connectivity index (χ0) is 7.40. The van der Waals surface area contributed by atoms with E-state index in [1.54, 1.807) is 7.11 Å². The first-order valence-corrected chi connectivity index (χ1v) is 3.66. The van der Waals surface area contributed by atoms with Gasteiger partial charge in [-0.2, -0.15) is 0 Å². The summed E-state index contributed by atoms with van der Waals surface area (Å²) in [4.78, 5) is 0. The van der Waals surface area contributed by atoms with Gasteiger partial charge in [-0.05, 0) is 13.5 Å². The van der Waals surface area contributed by atoms with Crippen molar-refractivity contribution in [2.45, 2.75) is 18.6 Å². The van der Waals surface area contributed by atoms with E-state index in [1.165, 1.54) is 0 Å². The maximum atomic E-state index is 5.26. The lowest BCUT2D eigenvalue weighted by atomic mass is 10.1. The van der Waals surface area contributed by atoms with Crippen molar-refractivity contribution in [2.75, 3.05) is 27.4 Å². The molecule has 0 aromatic carbocycles. The van der Waals surface area contributed by atoms with Crippen LogP contribution in [0, 0.1) is 0 Å². The molecular weight excluding hydrogens is 130 g/mol. The Bertz CT molecular complexity index is 85.6. The lowest BCUT2D eigenvalue weighted by Gasteiger charge is -2.29. The molecule has 0 saturated carbocycles. The van der Waals surface area contributed by atoms with E-state index in [2.05, 4.69) is 5.32 Å². The van der Waals surface area contributed by atoms with Crippen LogP contribution in [0.2, 0.25) is 0 Å². The molecule has 0 bridgehead atoms. The van der Waals surface area contributed by atoms with Crippen molar-refractivity contribution < 1.29 is 9.47 Å². The molecule has 3 heteroatoms. The molecule has 3 nitrogen and oxygen atoms in total. The van der Waals surface area contributed by atoms with Crippen LogP contribution in [0.1, 0.15) is 6.42 Å². The Morgan fingerprint density at radius 3 is 2.90 bits per heavy atom. The molecular formula is C7H15NO2. The summed E-state index contributed by atoms with van der Waals surface area (Å²) < 4.78 is 10.5. The van der Waals surface area contributed by atoms with Gasteiger partial charge in [-0.15, -0.1) is 0 Å². The highest BCUT2D eigenvalue weighted by molar-refractivity contribution is 4.78. The van der Waals surface area contributed by atoms with E-state index in [4.69, 9.17) is 9.47 Å². The number of likely N-dealkylation sites (N-methyl/N-ethyl adjacent to an activating group) is 1.